The molecule has 42 heavy (non-hydrogen) atoms. The molecule has 0 heterocycles. The van der Waals surface area contributed by atoms with Crippen molar-refractivity contribution in [2.24, 2.45) is 0 Å². The second kappa shape index (κ2) is 14.6. The highest BCUT2D eigenvalue weighted by molar-refractivity contribution is 7.92. The maximum absolute atomic E-state index is 14.1. The van der Waals surface area contributed by atoms with Crippen LogP contribution in [0.25, 0.3) is 0 Å². The highest BCUT2D eigenvalue weighted by Gasteiger charge is 2.34. The Morgan fingerprint density at radius 2 is 1.55 bits per heavy atom. The minimum Gasteiger partial charge on any atom is -0.494 e. The lowest BCUT2D eigenvalue weighted by molar-refractivity contribution is -0.140. The number of amides is 2. The highest BCUT2D eigenvalue weighted by atomic mass is 32.2. The molecule has 0 spiro atoms. The fourth-order valence-electron chi connectivity index (χ4n) is 4.48. The molecule has 0 fully saturated rings. The minimum absolute atomic E-state index is 0.0923. The van der Waals surface area contributed by atoms with Crippen LogP contribution in [0, 0.1) is 6.92 Å². The molecule has 0 aliphatic rings. The molecule has 3 aromatic carbocycles. The van der Waals surface area contributed by atoms with Gasteiger partial charge in [0, 0.05) is 19.7 Å². The molecule has 3 aromatic rings. The van der Waals surface area contributed by atoms with Crippen LogP contribution in [-0.2, 0) is 26.2 Å². The van der Waals surface area contributed by atoms with Crippen molar-refractivity contribution in [2.75, 3.05) is 38.7 Å². The van der Waals surface area contributed by atoms with Gasteiger partial charge in [-0.1, -0.05) is 36.8 Å². The van der Waals surface area contributed by atoms with Crippen molar-refractivity contribution < 1.29 is 32.2 Å². The molecule has 0 aliphatic heterocycles. The second-order valence-electron chi connectivity index (χ2n) is 9.50. The van der Waals surface area contributed by atoms with Crippen molar-refractivity contribution in [2.45, 2.75) is 44.7 Å². The third-order valence-corrected chi connectivity index (χ3v) is 8.53. The van der Waals surface area contributed by atoms with Crippen molar-refractivity contribution in [3.8, 4) is 17.2 Å². The molecule has 2 amide bonds. The number of rotatable bonds is 14. The van der Waals surface area contributed by atoms with E-state index in [-0.39, 0.29) is 28.8 Å². The summed E-state index contributed by atoms with van der Waals surface area (Å²) < 4.78 is 45.5. The third kappa shape index (κ3) is 7.52. The van der Waals surface area contributed by atoms with Crippen LogP contribution in [-0.4, -0.2) is 65.6 Å². The number of carbonyl (C=O) groups is 2. The van der Waals surface area contributed by atoms with E-state index in [1.165, 1.54) is 44.4 Å². The van der Waals surface area contributed by atoms with Gasteiger partial charge < -0.3 is 24.4 Å². The number of nitrogens with zero attached hydrogens (tertiary/aromatic N) is 2. The number of ether oxygens (including phenoxy) is 3. The standard InChI is InChI=1S/C31H39N3O7S/c1-7-27(31(36)32-4)33(20-23-11-9-22(3)10-12-23)30(35)21-34(24-13-15-25(16-14-24)41-8-2)42(37,38)26-17-18-28(39-5)29(19-26)40-6/h9-19,27H,7-8,20-21H2,1-6H3,(H,32,36)/t27-/m0/s1. The van der Waals surface area contributed by atoms with Crippen molar-refractivity contribution in [3.63, 3.8) is 0 Å². The number of likely N-dealkylation sites (N-methyl/N-ethyl adjacent to an activating group) is 1. The predicted octanol–water partition coefficient (Wildman–Crippen LogP) is 4.16. The fraction of sp³-hybridized carbons (Fsp3) is 0.355. The Hall–Kier alpha value is -4.25. The summed E-state index contributed by atoms with van der Waals surface area (Å²) in [7, 11) is 0.0799. The maximum Gasteiger partial charge on any atom is 0.264 e. The summed E-state index contributed by atoms with van der Waals surface area (Å²) in [6.45, 7) is 5.62. The second-order valence-corrected chi connectivity index (χ2v) is 11.4. The smallest absolute Gasteiger partial charge is 0.264 e. The van der Waals surface area contributed by atoms with E-state index in [1.807, 2.05) is 38.1 Å². The zero-order valence-corrected chi connectivity index (χ0v) is 25.7. The molecule has 0 bridgehead atoms. The molecular formula is C31H39N3O7S. The van der Waals surface area contributed by atoms with Crippen molar-refractivity contribution in [1.29, 1.82) is 0 Å². The lowest BCUT2D eigenvalue weighted by Gasteiger charge is -2.33. The molecule has 0 saturated carbocycles. The van der Waals surface area contributed by atoms with Gasteiger partial charge in [0.1, 0.15) is 18.3 Å². The first-order valence-corrected chi connectivity index (χ1v) is 15.1. The zero-order valence-electron chi connectivity index (χ0n) is 24.9. The highest BCUT2D eigenvalue weighted by Crippen LogP contribution is 2.33. The van der Waals surface area contributed by atoms with E-state index in [0.29, 0.717) is 24.5 Å². The lowest BCUT2D eigenvalue weighted by atomic mass is 10.1. The molecule has 0 aromatic heterocycles. The third-order valence-electron chi connectivity index (χ3n) is 6.76. The van der Waals surface area contributed by atoms with Gasteiger partial charge in [-0.3, -0.25) is 13.9 Å². The molecule has 0 radical (unpaired) electrons. The van der Waals surface area contributed by atoms with Gasteiger partial charge in [-0.05, 0) is 62.2 Å². The quantitative estimate of drug-likeness (QED) is 0.297. The van der Waals surface area contributed by atoms with Crippen LogP contribution in [0.15, 0.2) is 71.6 Å². The average Bonchev–Trinajstić information content (AvgIpc) is 3.00. The molecule has 0 unspecified atom stereocenters. The van der Waals surface area contributed by atoms with E-state index in [1.54, 1.807) is 31.2 Å². The fourth-order valence-corrected chi connectivity index (χ4v) is 5.91. The van der Waals surface area contributed by atoms with Gasteiger partial charge >= 0.3 is 0 Å². The number of hydrogen-bond donors (Lipinski definition) is 1. The normalized spacial score (nSPS) is 11.8. The maximum atomic E-state index is 14.1. The molecule has 3 rings (SSSR count). The molecule has 1 N–H and O–H groups in total. The molecule has 1 atom stereocenters. The topological polar surface area (TPSA) is 114 Å². The van der Waals surface area contributed by atoms with E-state index < -0.39 is 28.5 Å². The number of nitrogens with one attached hydrogen (secondary N) is 1. The first-order chi connectivity index (χ1) is 20.1. The summed E-state index contributed by atoms with van der Waals surface area (Å²) in [5.74, 6) is 0.268. The van der Waals surface area contributed by atoms with Crippen LogP contribution in [0.1, 0.15) is 31.4 Å². The van der Waals surface area contributed by atoms with E-state index in [0.717, 1.165) is 15.4 Å². The molecular weight excluding hydrogens is 558 g/mol. The molecule has 11 heteroatoms. The van der Waals surface area contributed by atoms with Gasteiger partial charge in [-0.25, -0.2) is 8.42 Å². The summed E-state index contributed by atoms with van der Waals surface area (Å²) >= 11 is 0. The Balaban J connectivity index is 2.10. The van der Waals surface area contributed by atoms with Crippen LogP contribution in [0.5, 0.6) is 17.2 Å². The average molecular weight is 598 g/mol. The van der Waals surface area contributed by atoms with Gasteiger partial charge in [0.2, 0.25) is 11.8 Å². The van der Waals surface area contributed by atoms with E-state index in [9.17, 15) is 18.0 Å². The summed E-state index contributed by atoms with van der Waals surface area (Å²) in [5.41, 5.74) is 2.12. The lowest BCUT2D eigenvalue weighted by Crippen LogP contribution is -2.51. The zero-order chi connectivity index (χ0) is 30.9. The van der Waals surface area contributed by atoms with Crippen molar-refractivity contribution >= 4 is 27.5 Å². The van der Waals surface area contributed by atoms with Gasteiger partial charge in [-0.15, -0.1) is 0 Å². The van der Waals surface area contributed by atoms with Crippen LogP contribution in [0.3, 0.4) is 0 Å². The van der Waals surface area contributed by atoms with Crippen LogP contribution >= 0.6 is 0 Å². The van der Waals surface area contributed by atoms with E-state index >= 15 is 0 Å². The van der Waals surface area contributed by atoms with Gasteiger partial charge in [-0.2, -0.15) is 0 Å². The SMILES string of the molecule is CCOc1ccc(N(CC(=O)N(Cc2ccc(C)cc2)[C@@H](CC)C(=O)NC)S(=O)(=O)c2ccc(OC)c(OC)c2)cc1. The van der Waals surface area contributed by atoms with E-state index in [2.05, 4.69) is 5.32 Å². The van der Waals surface area contributed by atoms with Crippen molar-refractivity contribution in [3.05, 3.63) is 77.9 Å². The van der Waals surface area contributed by atoms with Crippen LogP contribution < -0.4 is 23.8 Å². The number of anilines is 1. The molecule has 10 nitrogen and oxygen atoms in total. The Kier molecular flexibility index (Phi) is 11.2. The summed E-state index contributed by atoms with van der Waals surface area (Å²) in [6, 6.07) is 17.5. The molecule has 0 aliphatic carbocycles. The van der Waals surface area contributed by atoms with Crippen LogP contribution in [0.2, 0.25) is 0 Å². The van der Waals surface area contributed by atoms with Gasteiger partial charge in [0.15, 0.2) is 11.5 Å². The summed E-state index contributed by atoms with van der Waals surface area (Å²) in [4.78, 5) is 28.3. The molecule has 226 valence electrons. The number of aryl methyl sites for hydroxylation is 1. The van der Waals surface area contributed by atoms with Crippen LogP contribution in [0.4, 0.5) is 5.69 Å². The Labute approximate surface area is 248 Å². The van der Waals surface area contributed by atoms with Crippen molar-refractivity contribution in [1.82, 2.24) is 10.2 Å². The Bertz CT molecular complexity index is 1460. The monoisotopic (exact) mass is 597 g/mol. The molecule has 0 saturated heterocycles. The number of carbonyl (C=O) groups excluding carboxylic acids is 2. The number of methoxy groups -OCH3 is 2. The van der Waals surface area contributed by atoms with Gasteiger partial charge in [0.25, 0.3) is 10.0 Å². The Morgan fingerprint density at radius 1 is 0.905 bits per heavy atom. The largest absolute Gasteiger partial charge is 0.494 e. The first-order valence-electron chi connectivity index (χ1n) is 13.6. The summed E-state index contributed by atoms with van der Waals surface area (Å²) in [5, 5.41) is 2.62. The number of hydrogen-bond acceptors (Lipinski definition) is 7. The summed E-state index contributed by atoms with van der Waals surface area (Å²) in [6.07, 6.45) is 0.336. The van der Waals surface area contributed by atoms with E-state index in [4.69, 9.17) is 14.2 Å². The van der Waals surface area contributed by atoms with Gasteiger partial charge in [0.05, 0.1) is 31.4 Å². The minimum atomic E-state index is -4.29. The predicted molar refractivity (Wildman–Crippen MR) is 162 cm³/mol. The first kappa shape index (κ1) is 32.3. The Morgan fingerprint density at radius 3 is 2.10 bits per heavy atom. The number of benzene rings is 3. The number of sulfonamides is 1.